The molecule has 1 aromatic carbocycles. The molecule has 1 N–H and O–H groups in total. The topological polar surface area (TPSA) is 46.0 Å². The van der Waals surface area contributed by atoms with E-state index in [1.54, 1.807) is 24.5 Å². The molecule has 0 saturated heterocycles. The van der Waals surface area contributed by atoms with E-state index >= 15 is 0 Å². The van der Waals surface area contributed by atoms with Gasteiger partial charge in [0.15, 0.2) is 0 Å². The minimum Gasteiger partial charge on any atom is -0.506 e. The molecule has 2 heterocycles. The summed E-state index contributed by atoms with van der Waals surface area (Å²) in [5.74, 6) is 0.183. The summed E-state index contributed by atoms with van der Waals surface area (Å²) >= 11 is 0. The van der Waals surface area contributed by atoms with Crippen LogP contribution in [-0.2, 0) is 0 Å². The van der Waals surface area contributed by atoms with Gasteiger partial charge in [-0.15, -0.1) is 0 Å². The van der Waals surface area contributed by atoms with Crippen molar-refractivity contribution in [3.05, 3.63) is 54.9 Å². The molecule has 0 aliphatic rings. The summed E-state index contributed by atoms with van der Waals surface area (Å²) in [7, 11) is 0. The third-order valence-electron chi connectivity index (χ3n) is 2.67. The summed E-state index contributed by atoms with van der Waals surface area (Å²) in [6, 6.07) is 13.1. The van der Waals surface area contributed by atoms with Crippen LogP contribution in [0.15, 0.2) is 54.9 Å². The molecule has 2 aromatic heterocycles. The Hall–Kier alpha value is -2.42. The third kappa shape index (κ3) is 1.72. The van der Waals surface area contributed by atoms with Crippen LogP contribution in [0.5, 0.6) is 5.75 Å². The van der Waals surface area contributed by atoms with Crippen LogP contribution < -0.4 is 0 Å². The highest BCUT2D eigenvalue weighted by molar-refractivity contribution is 5.84. The predicted molar refractivity (Wildman–Crippen MR) is 66.6 cm³/mol. The molecular weight excluding hydrogens is 212 g/mol. The Kier molecular flexibility index (Phi) is 2.22. The Morgan fingerprint density at radius 1 is 0.882 bits per heavy atom. The van der Waals surface area contributed by atoms with Crippen molar-refractivity contribution in [3.63, 3.8) is 0 Å². The number of nitrogens with zero attached hydrogens (tertiary/aromatic N) is 2. The van der Waals surface area contributed by atoms with E-state index in [1.807, 2.05) is 30.3 Å². The number of aromatic nitrogens is 2. The molecule has 0 bridgehead atoms. The highest BCUT2D eigenvalue weighted by Gasteiger charge is 2.05. The van der Waals surface area contributed by atoms with Crippen molar-refractivity contribution in [1.29, 1.82) is 0 Å². The number of fused-ring (bicyclic) bond motifs is 1. The van der Waals surface area contributed by atoms with Crippen LogP contribution in [0.3, 0.4) is 0 Å². The molecule has 17 heavy (non-hydrogen) atoms. The summed E-state index contributed by atoms with van der Waals surface area (Å²) < 4.78 is 0. The lowest BCUT2D eigenvalue weighted by Gasteiger charge is -2.04. The Bertz CT molecular complexity index is 680. The lowest BCUT2D eigenvalue weighted by molar-refractivity contribution is 0.475. The maximum atomic E-state index is 9.75. The second kappa shape index (κ2) is 3.87. The molecular formula is C14H10N2O. The zero-order valence-corrected chi connectivity index (χ0v) is 9.04. The highest BCUT2D eigenvalue weighted by atomic mass is 16.3. The summed E-state index contributed by atoms with van der Waals surface area (Å²) in [6.07, 6.45) is 3.42. The van der Waals surface area contributed by atoms with Gasteiger partial charge in [-0.25, -0.2) is 0 Å². The third-order valence-corrected chi connectivity index (χ3v) is 2.67. The highest BCUT2D eigenvalue weighted by Crippen LogP contribution is 2.28. The van der Waals surface area contributed by atoms with Crippen LogP contribution in [0.25, 0.3) is 22.2 Å². The van der Waals surface area contributed by atoms with Crippen LogP contribution >= 0.6 is 0 Å². The van der Waals surface area contributed by atoms with Gasteiger partial charge in [-0.1, -0.05) is 18.2 Å². The molecule has 82 valence electrons. The van der Waals surface area contributed by atoms with Gasteiger partial charge in [0.05, 0.1) is 5.52 Å². The number of hydrogen-bond donors (Lipinski definition) is 1. The van der Waals surface area contributed by atoms with Gasteiger partial charge in [0.25, 0.3) is 0 Å². The molecule has 3 aromatic rings. The Morgan fingerprint density at radius 2 is 1.71 bits per heavy atom. The summed E-state index contributed by atoms with van der Waals surface area (Å²) in [5.41, 5.74) is 2.35. The Balaban J connectivity index is 2.22. The summed E-state index contributed by atoms with van der Waals surface area (Å²) in [5, 5.41) is 10.8. The first-order valence-corrected chi connectivity index (χ1v) is 5.34. The monoisotopic (exact) mass is 222 g/mol. The fraction of sp³-hybridized carbons (Fsp3) is 0. The molecule has 3 heteroatoms. The van der Waals surface area contributed by atoms with Gasteiger partial charge in [0.2, 0.25) is 0 Å². The fourth-order valence-corrected chi connectivity index (χ4v) is 1.83. The van der Waals surface area contributed by atoms with Crippen molar-refractivity contribution >= 4 is 10.9 Å². The SMILES string of the molecule is Oc1cccnc1-c1ccc2cccnc2c1. The molecule has 3 nitrogen and oxygen atoms in total. The average molecular weight is 222 g/mol. The van der Waals surface area contributed by atoms with Crippen molar-refractivity contribution in [2.45, 2.75) is 0 Å². The van der Waals surface area contributed by atoms with Gasteiger partial charge in [0, 0.05) is 23.3 Å². The quantitative estimate of drug-likeness (QED) is 0.688. The van der Waals surface area contributed by atoms with Gasteiger partial charge in [0.1, 0.15) is 11.4 Å². The van der Waals surface area contributed by atoms with Crippen LogP contribution in [0.2, 0.25) is 0 Å². The predicted octanol–water partition coefficient (Wildman–Crippen LogP) is 3.00. The largest absolute Gasteiger partial charge is 0.506 e. The molecule has 0 spiro atoms. The fourth-order valence-electron chi connectivity index (χ4n) is 1.83. The zero-order chi connectivity index (χ0) is 11.7. The average Bonchev–Trinajstić information content (AvgIpc) is 2.39. The van der Waals surface area contributed by atoms with Crippen molar-refractivity contribution in [3.8, 4) is 17.0 Å². The second-order valence-electron chi connectivity index (χ2n) is 3.78. The van der Waals surface area contributed by atoms with E-state index in [-0.39, 0.29) is 5.75 Å². The van der Waals surface area contributed by atoms with Gasteiger partial charge < -0.3 is 5.11 Å². The number of aromatic hydroxyl groups is 1. The molecule has 0 aliphatic heterocycles. The van der Waals surface area contributed by atoms with Gasteiger partial charge in [-0.2, -0.15) is 0 Å². The Morgan fingerprint density at radius 3 is 2.59 bits per heavy atom. The number of pyridine rings is 2. The first-order valence-electron chi connectivity index (χ1n) is 5.34. The Labute approximate surface area is 98.4 Å². The normalized spacial score (nSPS) is 10.6. The second-order valence-corrected chi connectivity index (χ2v) is 3.78. The van der Waals surface area contributed by atoms with E-state index in [9.17, 15) is 5.11 Å². The molecule has 0 radical (unpaired) electrons. The summed E-state index contributed by atoms with van der Waals surface area (Å²) in [6.45, 7) is 0. The molecule has 0 saturated carbocycles. The molecule has 0 unspecified atom stereocenters. The molecule has 0 aliphatic carbocycles. The molecule has 0 atom stereocenters. The molecule has 3 rings (SSSR count). The standard InChI is InChI=1S/C14H10N2O/c17-13-4-2-8-16-14(13)11-6-5-10-3-1-7-15-12(10)9-11/h1-9,17H. The van der Waals surface area contributed by atoms with E-state index in [0.717, 1.165) is 16.5 Å². The summed E-state index contributed by atoms with van der Waals surface area (Å²) in [4.78, 5) is 8.47. The van der Waals surface area contributed by atoms with Crippen LogP contribution in [0, 0.1) is 0 Å². The zero-order valence-electron chi connectivity index (χ0n) is 9.04. The lowest BCUT2D eigenvalue weighted by atomic mass is 10.1. The number of hydrogen-bond acceptors (Lipinski definition) is 3. The minimum absolute atomic E-state index is 0.183. The number of rotatable bonds is 1. The van der Waals surface area contributed by atoms with E-state index in [4.69, 9.17) is 0 Å². The first kappa shape index (κ1) is 9.78. The van der Waals surface area contributed by atoms with Gasteiger partial charge >= 0.3 is 0 Å². The van der Waals surface area contributed by atoms with Crippen molar-refractivity contribution in [2.75, 3.05) is 0 Å². The van der Waals surface area contributed by atoms with Crippen LogP contribution in [0.1, 0.15) is 0 Å². The maximum Gasteiger partial charge on any atom is 0.141 e. The van der Waals surface area contributed by atoms with Crippen molar-refractivity contribution in [1.82, 2.24) is 9.97 Å². The molecule has 0 fully saturated rings. The first-order chi connectivity index (χ1) is 8.34. The van der Waals surface area contributed by atoms with Crippen molar-refractivity contribution in [2.24, 2.45) is 0 Å². The lowest BCUT2D eigenvalue weighted by Crippen LogP contribution is -1.85. The van der Waals surface area contributed by atoms with Gasteiger partial charge in [-0.05, 0) is 24.3 Å². The number of benzene rings is 1. The van der Waals surface area contributed by atoms with E-state index in [2.05, 4.69) is 9.97 Å². The van der Waals surface area contributed by atoms with E-state index in [1.165, 1.54) is 0 Å². The van der Waals surface area contributed by atoms with E-state index in [0.29, 0.717) is 5.69 Å². The van der Waals surface area contributed by atoms with Gasteiger partial charge in [-0.3, -0.25) is 9.97 Å². The van der Waals surface area contributed by atoms with E-state index < -0.39 is 0 Å². The minimum atomic E-state index is 0.183. The van der Waals surface area contributed by atoms with Crippen LogP contribution in [0.4, 0.5) is 0 Å². The maximum absolute atomic E-state index is 9.75. The van der Waals surface area contributed by atoms with Crippen molar-refractivity contribution < 1.29 is 5.11 Å². The van der Waals surface area contributed by atoms with Crippen LogP contribution in [-0.4, -0.2) is 15.1 Å². The smallest absolute Gasteiger partial charge is 0.141 e. The molecule has 0 amide bonds.